The lowest BCUT2D eigenvalue weighted by molar-refractivity contribution is 0.179. The van der Waals surface area contributed by atoms with Crippen molar-refractivity contribution in [3.63, 3.8) is 0 Å². The number of aromatic nitrogens is 1. The second kappa shape index (κ2) is 8.31. The average molecular weight is 430 g/mol. The summed E-state index contributed by atoms with van der Waals surface area (Å²) in [6, 6.07) is 3.91. The lowest BCUT2D eigenvalue weighted by atomic mass is 9.97. The zero-order chi connectivity index (χ0) is 19.8. The molecule has 2 unspecified atom stereocenters. The topological polar surface area (TPSA) is 34.1 Å². The molecule has 1 aromatic rings. The van der Waals surface area contributed by atoms with Crippen molar-refractivity contribution in [3.8, 4) is 0 Å². The molecule has 152 valence electrons. The largest absolute Gasteiger partial charge is 0.409 e. The maximum Gasteiger partial charge on any atom is 0.192 e. The quantitative estimate of drug-likeness (QED) is 0.457. The maximum atomic E-state index is 6.85. The number of hydrogen-bond donors (Lipinski definition) is 1. The summed E-state index contributed by atoms with van der Waals surface area (Å²) in [7, 11) is -1.79. The van der Waals surface area contributed by atoms with E-state index in [1.165, 1.54) is 12.8 Å². The smallest absolute Gasteiger partial charge is 0.192 e. The monoisotopic (exact) mass is 428 g/mol. The Morgan fingerprint density at radius 1 is 1.11 bits per heavy atom. The van der Waals surface area contributed by atoms with Crippen molar-refractivity contribution < 1.29 is 4.43 Å². The van der Waals surface area contributed by atoms with Gasteiger partial charge in [0, 0.05) is 30.5 Å². The summed E-state index contributed by atoms with van der Waals surface area (Å²) in [6.07, 6.45) is 5.81. The Hall–Kier alpha value is -0.133. The minimum Gasteiger partial charge on any atom is -0.409 e. The number of nitrogens with zero attached hydrogens (tertiary/aromatic N) is 1. The van der Waals surface area contributed by atoms with Crippen molar-refractivity contribution in [2.75, 3.05) is 6.54 Å². The summed E-state index contributed by atoms with van der Waals surface area (Å²) >= 11 is 13.0. The Labute approximate surface area is 175 Å². The van der Waals surface area contributed by atoms with Crippen LogP contribution in [0.5, 0.6) is 0 Å². The lowest BCUT2D eigenvalue weighted by Gasteiger charge is -2.35. The second-order valence-corrected chi connectivity index (χ2v) is 14.5. The average Bonchev–Trinajstić information content (AvgIpc) is 3.00. The van der Waals surface area contributed by atoms with Gasteiger partial charge in [0.25, 0.3) is 0 Å². The molecular weight excluding hydrogens is 395 g/mol. The van der Waals surface area contributed by atoms with E-state index in [1.54, 1.807) is 12.4 Å². The molecule has 0 spiro atoms. The summed E-state index contributed by atoms with van der Waals surface area (Å²) in [5.41, 5.74) is 1.46. The van der Waals surface area contributed by atoms with Gasteiger partial charge >= 0.3 is 0 Å². The molecule has 3 rings (SSSR count). The summed E-state index contributed by atoms with van der Waals surface area (Å²) < 4.78 is 6.85. The second-order valence-electron chi connectivity index (χ2n) is 8.98. The number of nitrogens with one attached hydrogen (secondary N) is 1. The van der Waals surface area contributed by atoms with Gasteiger partial charge in [-0.3, -0.25) is 4.98 Å². The first kappa shape index (κ1) is 21.6. The molecule has 2 fully saturated rings. The Morgan fingerprint density at radius 2 is 1.63 bits per heavy atom. The fraction of sp³-hybridized carbons (Fsp3) is 0.762. The third-order valence-electron chi connectivity index (χ3n) is 7.49. The summed E-state index contributed by atoms with van der Waals surface area (Å²) in [4.78, 5) is 4.12. The van der Waals surface area contributed by atoms with Gasteiger partial charge in [0.05, 0.1) is 16.1 Å². The third kappa shape index (κ3) is 4.25. The molecule has 0 amide bonds. The predicted octanol–water partition coefficient (Wildman–Crippen LogP) is 6.48. The highest BCUT2D eigenvalue weighted by Gasteiger charge is 2.61. The molecule has 0 saturated heterocycles. The Morgan fingerprint density at radius 3 is 2.11 bits per heavy atom. The van der Waals surface area contributed by atoms with Gasteiger partial charge in [0.2, 0.25) is 0 Å². The number of fused-ring (bicyclic) bond motifs is 1. The van der Waals surface area contributed by atoms with Gasteiger partial charge < -0.3 is 9.74 Å². The van der Waals surface area contributed by atoms with Crippen molar-refractivity contribution >= 4 is 31.5 Å². The minimum atomic E-state index is -1.79. The standard InChI is InChI=1S/C21H34Cl2N2OSi/c1-6-27(7-2,8-3)26-19(20-17(22)11-24-12-18(20)23)13-25-14-9-15-16(10-14)21(15,4)5/h11-12,14-16,19,25H,6-10,13H2,1-5H3/t14?,15-,16+,19?. The van der Waals surface area contributed by atoms with Gasteiger partial charge in [-0.1, -0.05) is 57.8 Å². The van der Waals surface area contributed by atoms with Gasteiger partial charge in [0.15, 0.2) is 8.32 Å². The molecule has 4 atom stereocenters. The Kier molecular flexibility index (Phi) is 6.64. The molecular formula is C21H34Cl2N2OSi. The van der Waals surface area contributed by atoms with Crippen LogP contribution in [0.3, 0.4) is 0 Å². The molecule has 2 saturated carbocycles. The predicted molar refractivity (Wildman–Crippen MR) is 117 cm³/mol. The van der Waals surface area contributed by atoms with Gasteiger partial charge in [-0.05, 0) is 48.2 Å². The zero-order valence-electron chi connectivity index (χ0n) is 17.3. The normalized spacial score (nSPS) is 27.4. The van der Waals surface area contributed by atoms with Crippen LogP contribution in [0.4, 0.5) is 0 Å². The van der Waals surface area contributed by atoms with Crippen LogP contribution in [-0.2, 0) is 4.43 Å². The molecule has 27 heavy (non-hydrogen) atoms. The highest BCUT2D eigenvalue weighted by atomic mass is 35.5. The molecule has 0 aliphatic heterocycles. The lowest BCUT2D eigenvalue weighted by Crippen LogP contribution is -2.41. The van der Waals surface area contributed by atoms with Crippen LogP contribution >= 0.6 is 23.2 Å². The summed E-state index contributed by atoms with van der Waals surface area (Å²) in [5.74, 6) is 1.77. The van der Waals surface area contributed by atoms with E-state index in [-0.39, 0.29) is 6.10 Å². The van der Waals surface area contributed by atoms with E-state index in [0.717, 1.165) is 42.1 Å². The SMILES string of the molecule is CC[Si](CC)(CC)OC(CNC1C[C@@H]2[C@H](C1)C2(C)C)c1c(Cl)cncc1Cl. The van der Waals surface area contributed by atoms with Crippen molar-refractivity contribution in [3.05, 3.63) is 28.0 Å². The van der Waals surface area contributed by atoms with Gasteiger partial charge in [-0.2, -0.15) is 0 Å². The molecule has 2 aliphatic carbocycles. The first-order valence-electron chi connectivity index (χ1n) is 10.5. The van der Waals surface area contributed by atoms with Crippen molar-refractivity contribution in [1.82, 2.24) is 10.3 Å². The van der Waals surface area contributed by atoms with Crippen LogP contribution in [0.15, 0.2) is 12.4 Å². The number of pyridine rings is 1. The van der Waals surface area contributed by atoms with E-state index < -0.39 is 8.32 Å². The fourth-order valence-electron chi connectivity index (χ4n) is 5.18. The summed E-state index contributed by atoms with van der Waals surface area (Å²) in [5, 5.41) is 5.00. The van der Waals surface area contributed by atoms with Gasteiger partial charge in [-0.25, -0.2) is 0 Å². The van der Waals surface area contributed by atoms with Gasteiger partial charge in [-0.15, -0.1) is 0 Å². The molecule has 1 heterocycles. The molecule has 0 radical (unpaired) electrons. The molecule has 3 nitrogen and oxygen atoms in total. The van der Waals surface area contributed by atoms with E-state index in [2.05, 4.69) is 44.9 Å². The van der Waals surface area contributed by atoms with E-state index in [9.17, 15) is 0 Å². The zero-order valence-corrected chi connectivity index (χ0v) is 19.8. The fourth-order valence-corrected chi connectivity index (χ4v) is 8.59. The van der Waals surface area contributed by atoms with E-state index in [1.807, 2.05) is 0 Å². The van der Waals surface area contributed by atoms with E-state index in [0.29, 0.717) is 21.5 Å². The van der Waals surface area contributed by atoms with Crippen molar-refractivity contribution in [1.29, 1.82) is 0 Å². The van der Waals surface area contributed by atoms with E-state index >= 15 is 0 Å². The number of rotatable bonds is 9. The first-order valence-corrected chi connectivity index (χ1v) is 13.8. The van der Waals surface area contributed by atoms with Crippen molar-refractivity contribution in [2.24, 2.45) is 17.3 Å². The van der Waals surface area contributed by atoms with Crippen LogP contribution in [0.1, 0.15) is 59.1 Å². The number of halogens is 2. The molecule has 6 heteroatoms. The Balaban J connectivity index is 1.74. The molecule has 2 aliphatic rings. The maximum absolute atomic E-state index is 6.85. The molecule has 0 aromatic carbocycles. The summed E-state index contributed by atoms with van der Waals surface area (Å²) in [6.45, 7) is 12.3. The molecule has 1 aromatic heterocycles. The van der Waals surface area contributed by atoms with Crippen LogP contribution in [0.25, 0.3) is 0 Å². The highest BCUT2D eigenvalue weighted by Crippen LogP contribution is 2.66. The third-order valence-corrected chi connectivity index (χ3v) is 12.7. The Bertz CT molecular complexity index is 623. The van der Waals surface area contributed by atoms with E-state index in [4.69, 9.17) is 27.6 Å². The molecule has 0 bridgehead atoms. The molecule has 1 N–H and O–H groups in total. The van der Waals surface area contributed by atoms with Crippen LogP contribution in [0.2, 0.25) is 28.2 Å². The first-order chi connectivity index (χ1) is 12.8. The van der Waals surface area contributed by atoms with Gasteiger partial charge in [0.1, 0.15) is 0 Å². The minimum absolute atomic E-state index is 0.107. The highest BCUT2D eigenvalue weighted by molar-refractivity contribution is 6.73. The van der Waals surface area contributed by atoms with Crippen LogP contribution in [-0.4, -0.2) is 25.9 Å². The van der Waals surface area contributed by atoms with Crippen LogP contribution in [0, 0.1) is 17.3 Å². The van der Waals surface area contributed by atoms with Crippen molar-refractivity contribution in [2.45, 2.75) is 77.7 Å². The van der Waals surface area contributed by atoms with Crippen LogP contribution < -0.4 is 5.32 Å². The number of hydrogen-bond acceptors (Lipinski definition) is 3.